The lowest BCUT2D eigenvalue weighted by Crippen LogP contribution is -2.29. The van der Waals surface area contributed by atoms with E-state index >= 15 is 0 Å². The summed E-state index contributed by atoms with van der Waals surface area (Å²) in [6, 6.07) is 4.06. The monoisotopic (exact) mass is 377 g/mol. The molecule has 0 aliphatic heterocycles. The number of nitrogens with zero attached hydrogens (tertiary/aromatic N) is 3. The third-order valence-electron chi connectivity index (χ3n) is 3.84. The van der Waals surface area contributed by atoms with Gasteiger partial charge in [-0.2, -0.15) is 0 Å². The minimum absolute atomic E-state index is 0.339. The van der Waals surface area contributed by atoms with Crippen LogP contribution in [-0.2, 0) is 10.0 Å². The molecule has 0 bridgehead atoms. The molecule has 0 spiro atoms. The van der Waals surface area contributed by atoms with Crippen molar-refractivity contribution in [3.63, 3.8) is 0 Å². The number of carbonyl (C=O) groups is 1. The number of hydrogen-bond donors (Lipinski definition) is 2. The molecule has 0 aliphatic rings. The number of aromatic nitrogens is 3. The zero-order valence-electron chi connectivity index (χ0n) is 13.8. The minimum Gasteiger partial charge on any atom is -0.344 e. The van der Waals surface area contributed by atoms with Gasteiger partial charge in [-0.15, -0.1) is 0 Å². The van der Waals surface area contributed by atoms with Crippen molar-refractivity contribution in [3.05, 3.63) is 59.9 Å². The van der Waals surface area contributed by atoms with Gasteiger partial charge < -0.3 is 5.32 Å². The number of imidazole rings is 1. The zero-order chi connectivity index (χ0) is 18.9. The van der Waals surface area contributed by atoms with E-state index in [1.807, 2.05) is 6.92 Å². The zero-order valence-corrected chi connectivity index (χ0v) is 14.6. The number of hydrogen-bond acceptors (Lipinski definition) is 5. The third kappa shape index (κ3) is 3.55. The first kappa shape index (κ1) is 18.0. The standard InChI is InChI=1S/C16H16FN5O3S/c1-2-13(14-9-22-7-3-6-19-16(22)21-14)20-15(23)11-8-10(26(18,24)25)4-5-12(11)17/h3-9,13H,2H2,1H3,(H,20,23)(H2,18,24,25)/t13-/m1/s1. The number of amides is 1. The SMILES string of the molecule is CC[C@@H](NC(=O)c1cc(S(N)(=O)=O)ccc1F)c1cn2cccnc2n1. The minimum atomic E-state index is -4.05. The number of sulfonamides is 1. The Morgan fingerprint density at radius 1 is 1.42 bits per heavy atom. The Bertz CT molecular complexity index is 1050. The second kappa shape index (κ2) is 6.81. The average molecular weight is 377 g/mol. The van der Waals surface area contributed by atoms with Gasteiger partial charge in [-0.05, 0) is 30.7 Å². The number of nitrogens with two attached hydrogens (primary N) is 1. The maximum atomic E-state index is 14.0. The number of rotatable bonds is 5. The first-order valence-corrected chi connectivity index (χ1v) is 9.27. The van der Waals surface area contributed by atoms with Gasteiger partial charge in [0.2, 0.25) is 15.8 Å². The summed E-state index contributed by atoms with van der Waals surface area (Å²) in [7, 11) is -4.05. The highest BCUT2D eigenvalue weighted by atomic mass is 32.2. The van der Waals surface area contributed by atoms with Gasteiger partial charge in [-0.25, -0.2) is 27.9 Å². The van der Waals surface area contributed by atoms with Gasteiger partial charge in [0.15, 0.2) is 0 Å². The molecule has 0 radical (unpaired) electrons. The Hall–Kier alpha value is -2.85. The average Bonchev–Trinajstić information content (AvgIpc) is 3.02. The van der Waals surface area contributed by atoms with Crippen LogP contribution >= 0.6 is 0 Å². The van der Waals surface area contributed by atoms with Crippen LogP contribution in [0, 0.1) is 5.82 Å². The molecule has 3 N–H and O–H groups in total. The first-order chi connectivity index (χ1) is 12.3. The first-order valence-electron chi connectivity index (χ1n) is 7.72. The third-order valence-corrected chi connectivity index (χ3v) is 4.75. The molecule has 3 rings (SSSR count). The van der Waals surface area contributed by atoms with Crippen molar-refractivity contribution in [1.29, 1.82) is 0 Å². The Morgan fingerprint density at radius 2 is 2.19 bits per heavy atom. The van der Waals surface area contributed by atoms with E-state index in [-0.39, 0.29) is 4.90 Å². The number of benzene rings is 1. The van der Waals surface area contributed by atoms with Gasteiger partial charge in [-0.3, -0.25) is 9.20 Å². The second-order valence-electron chi connectivity index (χ2n) is 5.61. The molecular weight excluding hydrogens is 361 g/mol. The lowest BCUT2D eigenvalue weighted by atomic mass is 10.1. The predicted octanol–water partition coefficient (Wildman–Crippen LogP) is 1.40. The van der Waals surface area contributed by atoms with Gasteiger partial charge in [0.1, 0.15) is 5.82 Å². The summed E-state index contributed by atoms with van der Waals surface area (Å²) in [5.74, 6) is -1.14. The quantitative estimate of drug-likeness (QED) is 0.696. The van der Waals surface area contributed by atoms with E-state index < -0.39 is 33.4 Å². The van der Waals surface area contributed by atoms with E-state index in [4.69, 9.17) is 5.14 Å². The molecule has 26 heavy (non-hydrogen) atoms. The normalized spacial score (nSPS) is 12.9. The molecule has 1 amide bonds. The fourth-order valence-electron chi connectivity index (χ4n) is 2.49. The van der Waals surface area contributed by atoms with Crippen molar-refractivity contribution < 1.29 is 17.6 Å². The summed E-state index contributed by atoms with van der Waals surface area (Å²) in [6.45, 7) is 1.83. The van der Waals surface area contributed by atoms with Gasteiger partial charge in [0, 0.05) is 18.6 Å². The molecule has 3 aromatic rings. The Kier molecular flexibility index (Phi) is 4.70. The van der Waals surface area contributed by atoms with Crippen molar-refractivity contribution in [2.45, 2.75) is 24.3 Å². The molecule has 2 heterocycles. The highest BCUT2D eigenvalue weighted by Crippen LogP contribution is 2.19. The maximum Gasteiger partial charge on any atom is 0.254 e. The number of nitrogens with one attached hydrogen (secondary N) is 1. The molecule has 136 valence electrons. The largest absolute Gasteiger partial charge is 0.344 e. The molecule has 1 aromatic carbocycles. The second-order valence-corrected chi connectivity index (χ2v) is 7.18. The topological polar surface area (TPSA) is 119 Å². The predicted molar refractivity (Wildman–Crippen MR) is 91.3 cm³/mol. The summed E-state index contributed by atoms with van der Waals surface area (Å²) in [4.78, 5) is 20.6. The summed E-state index contributed by atoms with van der Waals surface area (Å²) in [5.41, 5.74) is 0.152. The molecule has 0 unspecified atom stereocenters. The number of fused-ring (bicyclic) bond motifs is 1. The fraction of sp³-hybridized carbons (Fsp3) is 0.188. The van der Waals surface area contributed by atoms with Crippen molar-refractivity contribution in [2.24, 2.45) is 5.14 Å². The number of carbonyl (C=O) groups excluding carboxylic acids is 1. The van der Waals surface area contributed by atoms with Gasteiger partial charge >= 0.3 is 0 Å². The molecular formula is C16H16FN5O3S. The summed E-state index contributed by atoms with van der Waals surface area (Å²) in [5, 5.41) is 7.70. The molecule has 2 aromatic heterocycles. The summed E-state index contributed by atoms with van der Waals surface area (Å²) in [6.07, 6.45) is 5.57. The van der Waals surface area contributed by atoms with Crippen molar-refractivity contribution in [2.75, 3.05) is 0 Å². The Balaban J connectivity index is 1.90. The van der Waals surface area contributed by atoms with Crippen LogP contribution in [0.3, 0.4) is 0 Å². The molecule has 10 heteroatoms. The van der Waals surface area contributed by atoms with Crippen molar-refractivity contribution >= 4 is 21.7 Å². The highest BCUT2D eigenvalue weighted by Gasteiger charge is 2.21. The van der Waals surface area contributed by atoms with Crippen LogP contribution < -0.4 is 10.5 Å². The number of primary sulfonamides is 1. The van der Waals surface area contributed by atoms with Crippen LogP contribution in [0.4, 0.5) is 4.39 Å². The molecule has 0 aliphatic carbocycles. The lowest BCUT2D eigenvalue weighted by Gasteiger charge is -2.15. The number of halogens is 1. The van der Waals surface area contributed by atoms with Crippen LogP contribution in [0.2, 0.25) is 0 Å². The van der Waals surface area contributed by atoms with E-state index in [0.717, 1.165) is 18.2 Å². The fourth-order valence-corrected chi connectivity index (χ4v) is 3.03. The lowest BCUT2D eigenvalue weighted by molar-refractivity contribution is 0.0930. The van der Waals surface area contributed by atoms with E-state index in [1.165, 1.54) is 0 Å². The van der Waals surface area contributed by atoms with E-state index in [9.17, 15) is 17.6 Å². The summed E-state index contributed by atoms with van der Waals surface area (Å²) < 4.78 is 38.6. The van der Waals surface area contributed by atoms with Crippen LogP contribution in [0.5, 0.6) is 0 Å². The van der Waals surface area contributed by atoms with Crippen LogP contribution in [0.1, 0.15) is 35.4 Å². The molecule has 8 nitrogen and oxygen atoms in total. The molecule has 0 saturated heterocycles. The molecule has 0 fully saturated rings. The molecule has 0 saturated carbocycles. The highest BCUT2D eigenvalue weighted by molar-refractivity contribution is 7.89. The van der Waals surface area contributed by atoms with Crippen molar-refractivity contribution in [1.82, 2.24) is 19.7 Å². The van der Waals surface area contributed by atoms with Crippen molar-refractivity contribution in [3.8, 4) is 0 Å². The van der Waals surface area contributed by atoms with Gasteiger partial charge in [-0.1, -0.05) is 6.92 Å². The van der Waals surface area contributed by atoms with Crippen LogP contribution in [0.25, 0.3) is 5.78 Å². The van der Waals surface area contributed by atoms with E-state index in [2.05, 4.69) is 15.3 Å². The maximum absolute atomic E-state index is 14.0. The molecule has 1 atom stereocenters. The smallest absolute Gasteiger partial charge is 0.254 e. The van der Waals surface area contributed by atoms with E-state index in [0.29, 0.717) is 17.9 Å². The summed E-state index contributed by atoms with van der Waals surface area (Å²) >= 11 is 0. The van der Waals surface area contributed by atoms with Crippen LogP contribution in [-0.4, -0.2) is 28.7 Å². The van der Waals surface area contributed by atoms with E-state index in [1.54, 1.807) is 29.1 Å². The van der Waals surface area contributed by atoms with Gasteiger partial charge in [0.05, 0.1) is 22.2 Å². The van der Waals surface area contributed by atoms with Gasteiger partial charge in [0.25, 0.3) is 5.91 Å². The van der Waals surface area contributed by atoms with Crippen LogP contribution in [0.15, 0.2) is 47.8 Å². The Labute approximate surface area is 148 Å². The Morgan fingerprint density at radius 3 is 2.85 bits per heavy atom.